The first kappa shape index (κ1) is 80.2. The lowest BCUT2D eigenvalue weighted by molar-refractivity contribution is -0.870. The standard InChI is InChI=1S/C72H145N2O6P/c1-6-8-10-12-14-16-18-20-22-24-26-28-30-32-33-34-35-36-37-38-39-40-41-42-44-46-48-50-52-54-56-58-60-62-64-66-72(76)73-70(69-80-81(77,78)79-68-67-74(3,4)5)71(75)65-63-61-59-57-55-53-51-49-47-45-43-31-29-27-25-23-21-19-17-15-13-11-9-7-2/h63,65,70-71,75H,6-62,64,66-69H2,1-5H3,(H-,73,76,77,78)/p+1/b65-63+. The number of likely N-dealkylation sites (N-methyl/N-ethyl adjacent to an activating group) is 1. The van der Waals surface area contributed by atoms with E-state index < -0.39 is 20.0 Å². The summed E-state index contributed by atoms with van der Waals surface area (Å²) >= 11 is 0. The highest BCUT2D eigenvalue weighted by Gasteiger charge is 2.28. The number of rotatable bonds is 69. The van der Waals surface area contributed by atoms with Gasteiger partial charge in [-0.15, -0.1) is 0 Å². The van der Waals surface area contributed by atoms with E-state index in [1.54, 1.807) is 6.08 Å². The third kappa shape index (κ3) is 66.6. The molecule has 3 unspecified atom stereocenters. The molecule has 0 fully saturated rings. The average molecular weight is 1170 g/mol. The van der Waals surface area contributed by atoms with E-state index in [1.165, 1.54) is 340 Å². The normalized spacial score (nSPS) is 13.6. The number of aliphatic hydroxyl groups is 1. The van der Waals surface area contributed by atoms with E-state index in [1.807, 2.05) is 27.2 Å². The molecular formula is C72H146N2O6P+. The summed E-state index contributed by atoms with van der Waals surface area (Å²) in [6.45, 7) is 4.89. The van der Waals surface area contributed by atoms with E-state index >= 15 is 0 Å². The number of aliphatic hydroxyl groups excluding tert-OH is 1. The van der Waals surface area contributed by atoms with Gasteiger partial charge in [-0.1, -0.05) is 379 Å². The van der Waals surface area contributed by atoms with Crippen LogP contribution in [0, 0.1) is 0 Å². The zero-order valence-corrected chi connectivity index (χ0v) is 56.5. The summed E-state index contributed by atoms with van der Waals surface area (Å²) in [5.74, 6) is -0.166. The number of allylic oxidation sites excluding steroid dienone is 1. The van der Waals surface area contributed by atoms with Crippen molar-refractivity contribution in [3.05, 3.63) is 12.2 Å². The third-order valence-electron chi connectivity index (χ3n) is 17.3. The van der Waals surface area contributed by atoms with E-state index in [9.17, 15) is 19.4 Å². The minimum absolute atomic E-state index is 0.0655. The van der Waals surface area contributed by atoms with Crippen molar-refractivity contribution in [2.24, 2.45) is 0 Å². The van der Waals surface area contributed by atoms with Gasteiger partial charge in [-0.3, -0.25) is 13.8 Å². The van der Waals surface area contributed by atoms with Crippen LogP contribution < -0.4 is 5.32 Å². The van der Waals surface area contributed by atoms with Crippen LogP contribution in [-0.2, 0) is 18.4 Å². The number of nitrogens with zero attached hydrogens (tertiary/aromatic N) is 1. The molecule has 0 aliphatic carbocycles. The molecule has 1 amide bonds. The van der Waals surface area contributed by atoms with Crippen molar-refractivity contribution in [1.82, 2.24) is 5.32 Å². The van der Waals surface area contributed by atoms with Gasteiger partial charge in [-0.2, -0.15) is 0 Å². The van der Waals surface area contributed by atoms with E-state index in [4.69, 9.17) is 9.05 Å². The van der Waals surface area contributed by atoms with Crippen molar-refractivity contribution in [1.29, 1.82) is 0 Å². The highest BCUT2D eigenvalue weighted by Crippen LogP contribution is 2.43. The van der Waals surface area contributed by atoms with Crippen LogP contribution in [0.4, 0.5) is 0 Å². The van der Waals surface area contributed by atoms with Gasteiger partial charge >= 0.3 is 7.82 Å². The van der Waals surface area contributed by atoms with Crippen molar-refractivity contribution in [3.63, 3.8) is 0 Å². The number of hydrogen-bond acceptors (Lipinski definition) is 5. The quantitative estimate of drug-likeness (QED) is 0.0243. The van der Waals surface area contributed by atoms with E-state index in [-0.39, 0.29) is 19.1 Å². The molecule has 0 rings (SSSR count). The molecule has 3 atom stereocenters. The summed E-state index contributed by atoms with van der Waals surface area (Å²) in [4.78, 5) is 23.4. The maximum absolute atomic E-state index is 13.1. The third-order valence-corrected chi connectivity index (χ3v) is 18.2. The summed E-state index contributed by atoms with van der Waals surface area (Å²) in [7, 11) is 1.60. The van der Waals surface area contributed by atoms with Crippen molar-refractivity contribution in [3.8, 4) is 0 Å². The fourth-order valence-corrected chi connectivity index (χ4v) is 12.3. The van der Waals surface area contributed by atoms with Crippen LogP contribution in [0.2, 0.25) is 0 Å². The summed E-state index contributed by atoms with van der Waals surface area (Å²) in [5, 5.41) is 14.0. The number of phosphoric ester groups is 1. The Morgan fingerprint density at radius 1 is 0.407 bits per heavy atom. The SMILES string of the molecule is CCCCCCCCCCCCCCCCCCCCCCCC/C=C/C(O)C(COP(=O)(O)OCC[N+](C)(C)C)NC(=O)CCCCCCCCCCCCCCCCCCCCCCCCCCCCCCCCCCCCC. The zero-order valence-electron chi connectivity index (χ0n) is 55.6. The molecule has 81 heavy (non-hydrogen) atoms. The first-order valence-electron chi connectivity index (χ1n) is 36.6. The van der Waals surface area contributed by atoms with E-state index in [0.29, 0.717) is 17.4 Å². The lowest BCUT2D eigenvalue weighted by atomic mass is 10.0. The Labute approximate surface area is 507 Å². The van der Waals surface area contributed by atoms with Gasteiger partial charge in [0.05, 0.1) is 39.9 Å². The molecule has 9 heteroatoms. The molecule has 0 radical (unpaired) electrons. The summed E-state index contributed by atoms with van der Waals surface area (Å²) in [6.07, 6.45) is 82.4. The molecule has 0 aromatic carbocycles. The minimum Gasteiger partial charge on any atom is -0.387 e. The Kier molecular flexibility index (Phi) is 63.1. The molecule has 0 bridgehead atoms. The van der Waals surface area contributed by atoms with Gasteiger partial charge in [-0.25, -0.2) is 4.57 Å². The van der Waals surface area contributed by atoms with Crippen LogP contribution in [0.3, 0.4) is 0 Å². The average Bonchev–Trinajstić information content (AvgIpc) is 3.43. The Morgan fingerprint density at radius 2 is 0.654 bits per heavy atom. The second-order valence-electron chi connectivity index (χ2n) is 26.7. The van der Waals surface area contributed by atoms with Gasteiger partial charge in [-0.05, 0) is 19.3 Å². The number of hydrogen-bond donors (Lipinski definition) is 3. The maximum Gasteiger partial charge on any atom is 0.472 e. The summed E-state index contributed by atoms with van der Waals surface area (Å²) < 4.78 is 23.8. The van der Waals surface area contributed by atoms with Crippen molar-refractivity contribution >= 4 is 13.7 Å². The second kappa shape index (κ2) is 63.7. The van der Waals surface area contributed by atoms with Crippen molar-refractivity contribution in [2.45, 2.75) is 405 Å². The molecule has 0 aromatic heterocycles. The summed E-state index contributed by atoms with van der Waals surface area (Å²) in [6, 6.07) is -0.844. The van der Waals surface area contributed by atoms with Crippen molar-refractivity contribution < 1.29 is 32.9 Å². The molecule has 0 aliphatic heterocycles. The zero-order chi connectivity index (χ0) is 59.1. The monoisotopic (exact) mass is 1170 g/mol. The number of carbonyl (C=O) groups excluding carboxylic acids is 1. The highest BCUT2D eigenvalue weighted by atomic mass is 31.2. The lowest BCUT2D eigenvalue weighted by Crippen LogP contribution is -2.45. The van der Waals surface area contributed by atoms with Crippen LogP contribution >= 0.6 is 7.82 Å². The molecule has 3 N–H and O–H groups in total. The minimum atomic E-state index is -4.35. The maximum atomic E-state index is 13.1. The number of phosphoric acid groups is 1. The lowest BCUT2D eigenvalue weighted by Gasteiger charge is -2.25. The van der Waals surface area contributed by atoms with Crippen LogP contribution in [0.15, 0.2) is 12.2 Å². The van der Waals surface area contributed by atoms with Crippen molar-refractivity contribution in [2.75, 3.05) is 40.9 Å². The first-order valence-corrected chi connectivity index (χ1v) is 38.1. The number of quaternary nitrogens is 1. The molecule has 0 heterocycles. The Morgan fingerprint density at radius 3 is 0.914 bits per heavy atom. The molecule has 0 aliphatic rings. The Balaban J connectivity index is 3.96. The molecule has 0 aromatic rings. The van der Waals surface area contributed by atoms with Gasteiger partial charge in [0.15, 0.2) is 0 Å². The molecule has 0 spiro atoms. The van der Waals surface area contributed by atoms with Crippen LogP contribution in [0.5, 0.6) is 0 Å². The Bertz CT molecular complexity index is 1320. The van der Waals surface area contributed by atoms with Gasteiger partial charge in [0, 0.05) is 6.42 Å². The molecule has 0 saturated carbocycles. The molecule has 484 valence electrons. The fraction of sp³-hybridized carbons (Fsp3) is 0.958. The van der Waals surface area contributed by atoms with Gasteiger partial charge in [0.25, 0.3) is 0 Å². The topological polar surface area (TPSA) is 105 Å². The molecular weight excluding hydrogens is 1020 g/mol. The van der Waals surface area contributed by atoms with Crippen LogP contribution in [0.25, 0.3) is 0 Å². The number of amides is 1. The second-order valence-corrected chi connectivity index (χ2v) is 28.1. The highest BCUT2D eigenvalue weighted by molar-refractivity contribution is 7.47. The summed E-state index contributed by atoms with van der Waals surface area (Å²) in [5.41, 5.74) is 0. The molecule has 0 saturated heterocycles. The van der Waals surface area contributed by atoms with Gasteiger partial charge in [0.2, 0.25) is 5.91 Å². The Hall–Kier alpha value is -0.760. The number of carbonyl (C=O) groups is 1. The van der Waals surface area contributed by atoms with Crippen LogP contribution in [0.1, 0.15) is 393 Å². The van der Waals surface area contributed by atoms with Crippen LogP contribution in [-0.4, -0.2) is 73.4 Å². The molecule has 8 nitrogen and oxygen atoms in total. The van der Waals surface area contributed by atoms with Gasteiger partial charge < -0.3 is 19.8 Å². The predicted molar refractivity (Wildman–Crippen MR) is 355 cm³/mol. The first-order chi connectivity index (χ1) is 39.5. The fourth-order valence-electron chi connectivity index (χ4n) is 11.6. The predicted octanol–water partition coefficient (Wildman–Crippen LogP) is 23.3. The van der Waals surface area contributed by atoms with Gasteiger partial charge in [0.1, 0.15) is 13.2 Å². The van der Waals surface area contributed by atoms with E-state index in [2.05, 4.69) is 19.2 Å². The largest absolute Gasteiger partial charge is 0.472 e. The smallest absolute Gasteiger partial charge is 0.387 e. The number of nitrogens with one attached hydrogen (secondary N) is 1. The number of unbranched alkanes of at least 4 members (excludes halogenated alkanes) is 56. The van der Waals surface area contributed by atoms with E-state index in [0.717, 1.165) is 32.1 Å².